The van der Waals surface area contributed by atoms with E-state index < -0.39 is 0 Å². The number of anilines is 1. The summed E-state index contributed by atoms with van der Waals surface area (Å²) in [7, 11) is 1.92. The van der Waals surface area contributed by atoms with Crippen LogP contribution in [0.1, 0.15) is 16.3 Å². The van der Waals surface area contributed by atoms with E-state index in [1.54, 1.807) is 11.3 Å². The van der Waals surface area contributed by atoms with E-state index in [1.807, 2.05) is 48.2 Å². The number of aryl methyl sites for hydroxylation is 1. The number of amides is 1. The van der Waals surface area contributed by atoms with Gasteiger partial charge >= 0.3 is 0 Å². The van der Waals surface area contributed by atoms with Crippen LogP contribution >= 0.6 is 34.7 Å². The van der Waals surface area contributed by atoms with Crippen LogP contribution < -0.4 is 5.32 Å². The van der Waals surface area contributed by atoms with Crippen LogP contribution in [0.2, 0.25) is 5.02 Å². The fraction of sp³-hybridized carbons (Fsp3) is 0.235. The van der Waals surface area contributed by atoms with Gasteiger partial charge in [0.1, 0.15) is 5.82 Å². The second-order valence-corrected chi connectivity index (χ2v) is 7.92. The maximum Gasteiger partial charge on any atom is 0.234 e. The molecular weight excluding hydrogens is 376 g/mol. The standard InChI is InChI=1S/C17H17ClN4OS2/c1-11-5-6-14(13(18)8-11)19-16(23)10-25-17-21-20-15(22(17)2)9-12-4-3-7-24-12/h3-8H,9-10H2,1-2H3,(H,19,23). The molecule has 2 aromatic heterocycles. The Labute approximate surface area is 159 Å². The summed E-state index contributed by atoms with van der Waals surface area (Å²) < 4.78 is 1.93. The third-order valence-corrected chi connectivity index (χ3v) is 5.78. The number of hydrogen-bond donors (Lipinski definition) is 1. The van der Waals surface area contributed by atoms with Crippen LogP contribution in [0.4, 0.5) is 5.69 Å². The molecule has 1 aromatic carbocycles. The minimum atomic E-state index is -0.126. The Hall–Kier alpha value is -1.83. The molecular formula is C17H17ClN4OS2. The number of rotatable bonds is 6. The fourth-order valence-electron chi connectivity index (χ4n) is 2.23. The summed E-state index contributed by atoms with van der Waals surface area (Å²) in [5.74, 6) is 1.00. The van der Waals surface area contributed by atoms with E-state index in [0.29, 0.717) is 10.7 Å². The number of carbonyl (C=O) groups excluding carboxylic acids is 1. The van der Waals surface area contributed by atoms with Crippen LogP contribution in [0.5, 0.6) is 0 Å². The monoisotopic (exact) mass is 392 g/mol. The second kappa shape index (κ2) is 8.03. The minimum absolute atomic E-state index is 0.126. The van der Waals surface area contributed by atoms with Gasteiger partial charge in [0.2, 0.25) is 5.91 Å². The van der Waals surface area contributed by atoms with Gasteiger partial charge in [0.25, 0.3) is 0 Å². The number of nitrogens with zero attached hydrogens (tertiary/aromatic N) is 3. The van der Waals surface area contributed by atoms with Crippen molar-refractivity contribution in [2.75, 3.05) is 11.1 Å². The third-order valence-electron chi connectivity index (χ3n) is 3.57. The van der Waals surface area contributed by atoms with Crippen molar-refractivity contribution in [1.29, 1.82) is 0 Å². The normalized spacial score (nSPS) is 10.8. The topological polar surface area (TPSA) is 59.8 Å². The molecule has 130 valence electrons. The van der Waals surface area contributed by atoms with Crippen molar-refractivity contribution >= 4 is 46.3 Å². The van der Waals surface area contributed by atoms with Gasteiger partial charge < -0.3 is 9.88 Å². The van der Waals surface area contributed by atoms with Crippen molar-refractivity contribution in [2.45, 2.75) is 18.5 Å². The first-order valence-corrected chi connectivity index (χ1v) is 9.86. The van der Waals surface area contributed by atoms with Crippen LogP contribution in [-0.4, -0.2) is 26.4 Å². The molecule has 0 spiro atoms. The lowest BCUT2D eigenvalue weighted by Crippen LogP contribution is -2.15. The number of halogens is 1. The van der Waals surface area contributed by atoms with Gasteiger partial charge in [-0.15, -0.1) is 21.5 Å². The van der Waals surface area contributed by atoms with Gasteiger partial charge in [-0.2, -0.15) is 0 Å². The van der Waals surface area contributed by atoms with E-state index >= 15 is 0 Å². The van der Waals surface area contributed by atoms with Crippen molar-refractivity contribution in [2.24, 2.45) is 7.05 Å². The Balaban J connectivity index is 1.58. The Bertz CT molecular complexity index is 877. The average molecular weight is 393 g/mol. The average Bonchev–Trinajstić information content (AvgIpc) is 3.20. The molecule has 1 N–H and O–H groups in total. The number of nitrogens with one attached hydrogen (secondary N) is 1. The number of benzene rings is 1. The Kier molecular flexibility index (Phi) is 5.78. The highest BCUT2D eigenvalue weighted by Crippen LogP contribution is 2.24. The summed E-state index contributed by atoms with van der Waals surface area (Å²) in [6.07, 6.45) is 0.743. The zero-order valence-corrected chi connectivity index (χ0v) is 16.2. The summed E-state index contributed by atoms with van der Waals surface area (Å²) in [6, 6.07) is 9.64. The second-order valence-electron chi connectivity index (χ2n) is 5.53. The Morgan fingerprint density at radius 1 is 1.36 bits per heavy atom. The predicted molar refractivity (Wildman–Crippen MR) is 104 cm³/mol. The smallest absolute Gasteiger partial charge is 0.234 e. The number of thioether (sulfide) groups is 1. The Morgan fingerprint density at radius 2 is 2.20 bits per heavy atom. The van der Waals surface area contributed by atoms with Crippen molar-refractivity contribution < 1.29 is 4.79 Å². The van der Waals surface area contributed by atoms with E-state index in [9.17, 15) is 4.79 Å². The highest BCUT2D eigenvalue weighted by Gasteiger charge is 2.13. The molecule has 0 saturated carbocycles. The van der Waals surface area contributed by atoms with Gasteiger partial charge in [0.05, 0.1) is 16.5 Å². The first-order valence-electron chi connectivity index (χ1n) is 7.62. The molecule has 0 fully saturated rings. The molecule has 3 rings (SSSR count). The van der Waals surface area contributed by atoms with E-state index in [4.69, 9.17) is 11.6 Å². The van der Waals surface area contributed by atoms with Crippen LogP contribution in [0.15, 0.2) is 40.9 Å². The number of carbonyl (C=O) groups is 1. The lowest BCUT2D eigenvalue weighted by molar-refractivity contribution is -0.113. The Morgan fingerprint density at radius 3 is 2.92 bits per heavy atom. The predicted octanol–water partition coefficient (Wildman–Crippen LogP) is 4.16. The van der Waals surface area contributed by atoms with Crippen molar-refractivity contribution in [3.8, 4) is 0 Å². The lowest BCUT2D eigenvalue weighted by atomic mass is 10.2. The van der Waals surface area contributed by atoms with Gasteiger partial charge in [-0.1, -0.05) is 35.5 Å². The zero-order valence-electron chi connectivity index (χ0n) is 13.8. The number of aromatic nitrogens is 3. The van der Waals surface area contributed by atoms with Crippen LogP contribution in [0, 0.1) is 6.92 Å². The highest BCUT2D eigenvalue weighted by molar-refractivity contribution is 7.99. The van der Waals surface area contributed by atoms with Crippen molar-refractivity contribution in [3.05, 3.63) is 57.0 Å². The lowest BCUT2D eigenvalue weighted by Gasteiger charge is -2.08. The van der Waals surface area contributed by atoms with Gasteiger partial charge in [0.15, 0.2) is 5.16 Å². The first kappa shape index (κ1) is 18.0. The van der Waals surface area contributed by atoms with Crippen molar-refractivity contribution in [1.82, 2.24) is 14.8 Å². The van der Waals surface area contributed by atoms with Gasteiger partial charge in [0, 0.05) is 18.3 Å². The zero-order chi connectivity index (χ0) is 17.8. The van der Waals surface area contributed by atoms with E-state index in [0.717, 1.165) is 23.0 Å². The summed E-state index contributed by atoms with van der Waals surface area (Å²) in [5, 5.41) is 14.5. The van der Waals surface area contributed by atoms with Crippen LogP contribution in [-0.2, 0) is 18.3 Å². The molecule has 0 bridgehead atoms. The van der Waals surface area contributed by atoms with E-state index in [1.165, 1.54) is 16.6 Å². The van der Waals surface area contributed by atoms with Gasteiger partial charge in [-0.05, 0) is 36.1 Å². The molecule has 0 radical (unpaired) electrons. The molecule has 0 atom stereocenters. The molecule has 0 aliphatic carbocycles. The summed E-state index contributed by atoms with van der Waals surface area (Å²) in [5.41, 5.74) is 1.67. The SMILES string of the molecule is Cc1ccc(NC(=O)CSc2nnc(Cc3cccs3)n2C)c(Cl)c1. The number of thiophene rings is 1. The molecule has 5 nitrogen and oxygen atoms in total. The summed E-state index contributed by atoms with van der Waals surface area (Å²) >= 11 is 9.19. The quantitative estimate of drug-likeness (QED) is 0.640. The maximum absolute atomic E-state index is 12.2. The van der Waals surface area contributed by atoms with Gasteiger partial charge in [-0.3, -0.25) is 4.79 Å². The molecule has 2 heterocycles. The van der Waals surface area contributed by atoms with E-state index in [2.05, 4.69) is 21.6 Å². The highest BCUT2D eigenvalue weighted by atomic mass is 35.5. The fourth-order valence-corrected chi connectivity index (χ4v) is 3.95. The minimum Gasteiger partial charge on any atom is -0.324 e. The molecule has 0 saturated heterocycles. The van der Waals surface area contributed by atoms with E-state index in [-0.39, 0.29) is 11.7 Å². The molecule has 3 aromatic rings. The molecule has 0 aliphatic heterocycles. The molecule has 0 unspecified atom stereocenters. The number of hydrogen-bond acceptors (Lipinski definition) is 5. The molecule has 25 heavy (non-hydrogen) atoms. The van der Waals surface area contributed by atoms with Crippen molar-refractivity contribution in [3.63, 3.8) is 0 Å². The van der Waals surface area contributed by atoms with Crippen LogP contribution in [0.3, 0.4) is 0 Å². The molecule has 8 heteroatoms. The molecule has 0 aliphatic rings. The first-order chi connectivity index (χ1) is 12.0. The maximum atomic E-state index is 12.2. The summed E-state index contributed by atoms with van der Waals surface area (Å²) in [6.45, 7) is 1.95. The van der Waals surface area contributed by atoms with Gasteiger partial charge in [-0.25, -0.2) is 0 Å². The summed E-state index contributed by atoms with van der Waals surface area (Å²) in [4.78, 5) is 13.4. The molecule has 1 amide bonds. The largest absolute Gasteiger partial charge is 0.324 e. The third kappa shape index (κ3) is 4.62. The van der Waals surface area contributed by atoms with Crippen LogP contribution in [0.25, 0.3) is 0 Å².